The standard InChI is InChI=1S/C11H11N3O2S/c1-16-10-8(3-2-4-12-10)5-13-11-14-6-9(7-15)17-11/h2-4,6-7H,5H2,1H3,(H,13,14). The first-order valence-electron chi connectivity index (χ1n) is 4.96. The van der Waals surface area contributed by atoms with Crippen LogP contribution in [0.15, 0.2) is 24.5 Å². The number of pyridine rings is 1. The Bertz CT molecular complexity index is 513. The van der Waals surface area contributed by atoms with E-state index >= 15 is 0 Å². The van der Waals surface area contributed by atoms with E-state index in [1.807, 2.05) is 12.1 Å². The van der Waals surface area contributed by atoms with Gasteiger partial charge in [-0.2, -0.15) is 0 Å². The Labute approximate surface area is 102 Å². The average molecular weight is 249 g/mol. The molecule has 17 heavy (non-hydrogen) atoms. The molecule has 5 nitrogen and oxygen atoms in total. The summed E-state index contributed by atoms with van der Waals surface area (Å²) < 4.78 is 5.14. The van der Waals surface area contributed by atoms with E-state index in [1.54, 1.807) is 19.5 Å². The quantitative estimate of drug-likeness (QED) is 0.821. The third-order valence-corrected chi connectivity index (χ3v) is 2.99. The number of hydrogen-bond acceptors (Lipinski definition) is 6. The average Bonchev–Trinajstić information content (AvgIpc) is 2.84. The lowest BCUT2D eigenvalue weighted by atomic mass is 10.3. The molecule has 2 rings (SSSR count). The van der Waals surface area contributed by atoms with Crippen molar-refractivity contribution in [1.82, 2.24) is 9.97 Å². The summed E-state index contributed by atoms with van der Waals surface area (Å²) in [6.45, 7) is 0.558. The fraction of sp³-hybridized carbons (Fsp3) is 0.182. The van der Waals surface area contributed by atoms with Crippen molar-refractivity contribution in [3.05, 3.63) is 35.0 Å². The second kappa shape index (κ2) is 5.40. The number of hydrogen-bond donors (Lipinski definition) is 1. The Kier molecular flexibility index (Phi) is 3.66. The molecule has 0 amide bonds. The number of thiazole rings is 1. The summed E-state index contributed by atoms with van der Waals surface area (Å²) in [7, 11) is 1.58. The second-order valence-corrected chi connectivity index (χ2v) is 4.27. The van der Waals surface area contributed by atoms with Crippen LogP contribution in [0, 0.1) is 0 Å². The minimum Gasteiger partial charge on any atom is -0.481 e. The van der Waals surface area contributed by atoms with Gasteiger partial charge in [0.15, 0.2) is 11.4 Å². The molecule has 0 aliphatic heterocycles. The Balaban J connectivity index is 2.04. The lowest BCUT2D eigenvalue weighted by Gasteiger charge is -2.06. The van der Waals surface area contributed by atoms with Gasteiger partial charge >= 0.3 is 0 Å². The summed E-state index contributed by atoms with van der Waals surface area (Å²) in [6, 6.07) is 3.77. The first-order chi connectivity index (χ1) is 8.33. The summed E-state index contributed by atoms with van der Waals surface area (Å²) >= 11 is 1.31. The number of nitrogens with one attached hydrogen (secondary N) is 1. The molecule has 0 saturated carbocycles. The predicted octanol–water partition coefficient (Wildman–Crippen LogP) is 1.97. The zero-order valence-electron chi connectivity index (χ0n) is 9.21. The van der Waals surface area contributed by atoms with Crippen molar-refractivity contribution in [2.75, 3.05) is 12.4 Å². The highest BCUT2D eigenvalue weighted by molar-refractivity contribution is 7.17. The molecule has 0 radical (unpaired) electrons. The molecule has 0 spiro atoms. The molecule has 0 bridgehead atoms. The molecule has 0 aromatic carbocycles. The molecule has 0 aliphatic rings. The molecular weight excluding hydrogens is 238 g/mol. The van der Waals surface area contributed by atoms with E-state index in [-0.39, 0.29) is 0 Å². The highest BCUT2D eigenvalue weighted by Gasteiger charge is 2.04. The first-order valence-corrected chi connectivity index (χ1v) is 5.78. The normalized spacial score (nSPS) is 9.94. The number of carbonyl (C=O) groups is 1. The van der Waals surface area contributed by atoms with Gasteiger partial charge in [0.25, 0.3) is 0 Å². The van der Waals surface area contributed by atoms with Crippen molar-refractivity contribution in [1.29, 1.82) is 0 Å². The van der Waals surface area contributed by atoms with Gasteiger partial charge in [-0.15, -0.1) is 0 Å². The number of rotatable bonds is 5. The molecule has 0 atom stereocenters. The molecule has 0 fully saturated rings. The van der Waals surface area contributed by atoms with Crippen LogP contribution in [-0.4, -0.2) is 23.4 Å². The zero-order valence-corrected chi connectivity index (χ0v) is 10.0. The van der Waals surface area contributed by atoms with Crippen LogP contribution < -0.4 is 10.1 Å². The van der Waals surface area contributed by atoms with E-state index in [1.165, 1.54) is 11.3 Å². The summed E-state index contributed by atoms with van der Waals surface area (Å²) in [5, 5.41) is 3.83. The maximum Gasteiger partial charge on any atom is 0.218 e. The van der Waals surface area contributed by atoms with Crippen LogP contribution in [0.2, 0.25) is 0 Å². The molecule has 0 aliphatic carbocycles. The highest BCUT2D eigenvalue weighted by atomic mass is 32.1. The minimum absolute atomic E-state index is 0.558. The number of nitrogens with zero attached hydrogens (tertiary/aromatic N) is 2. The lowest BCUT2D eigenvalue weighted by molar-refractivity contribution is 0.112. The Morgan fingerprint density at radius 1 is 1.53 bits per heavy atom. The largest absolute Gasteiger partial charge is 0.481 e. The third kappa shape index (κ3) is 2.79. The Morgan fingerprint density at radius 3 is 3.12 bits per heavy atom. The first kappa shape index (κ1) is 11.5. The molecule has 2 heterocycles. The van der Waals surface area contributed by atoms with Gasteiger partial charge < -0.3 is 10.1 Å². The zero-order chi connectivity index (χ0) is 12.1. The molecule has 88 valence electrons. The fourth-order valence-electron chi connectivity index (χ4n) is 1.34. The van der Waals surface area contributed by atoms with Crippen LogP contribution in [0.4, 0.5) is 5.13 Å². The highest BCUT2D eigenvalue weighted by Crippen LogP contribution is 2.19. The van der Waals surface area contributed by atoms with E-state index in [9.17, 15) is 4.79 Å². The van der Waals surface area contributed by atoms with Crippen molar-refractivity contribution in [2.45, 2.75) is 6.54 Å². The van der Waals surface area contributed by atoms with Crippen LogP contribution >= 0.6 is 11.3 Å². The van der Waals surface area contributed by atoms with Gasteiger partial charge in [-0.1, -0.05) is 17.4 Å². The maximum atomic E-state index is 10.5. The summed E-state index contributed by atoms with van der Waals surface area (Å²) in [5.74, 6) is 0.590. The maximum absolute atomic E-state index is 10.5. The third-order valence-electron chi connectivity index (χ3n) is 2.11. The molecule has 0 saturated heterocycles. The number of methoxy groups -OCH3 is 1. The van der Waals surface area contributed by atoms with E-state index in [0.717, 1.165) is 11.8 Å². The van der Waals surface area contributed by atoms with Gasteiger partial charge in [0.1, 0.15) is 0 Å². The minimum atomic E-state index is 0.558. The van der Waals surface area contributed by atoms with Gasteiger partial charge in [0.2, 0.25) is 5.88 Å². The van der Waals surface area contributed by atoms with E-state index in [0.29, 0.717) is 22.4 Å². The van der Waals surface area contributed by atoms with Gasteiger partial charge in [0.05, 0.1) is 18.2 Å². The van der Waals surface area contributed by atoms with Crippen LogP contribution in [0.3, 0.4) is 0 Å². The van der Waals surface area contributed by atoms with Crippen LogP contribution in [-0.2, 0) is 6.54 Å². The number of aromatic nitrogens is 2. The fourth-order valence-corrected chi connectivity index (χ4v) is 1.96. The van der Waals surface area contributed by atoms with Gasteiger partial charge in [0, 0.05) is 18.3 Å². The Morgan fingerprint density at radius 2 is 2.41 bits per heavy atom. The van der Waals surface area contributed by atoms with Crippen molar-refractivity contribution < 1.29 is 9.53 Å². The van der Waals surface area contributed by atoms with Gasteiger partial charge in [-0.25, -0.2) is 9.97 Å². The lowest BCUT2D eigenvalue weighted by Crippen LogP contribution is -2.02. The van der Waals surface area contributed by atoms with Crippen molar-refractivity contribution in [3.63, 3.8) is 0 Å². The summed E-state index contributed by atoms with van der Waals surface area (Å²) in [6.07, 6.45) is 4.00. The molecule has 2 aromatic heterocycles. The molecule has 2 aromatic rings. The second-order valence-electron chi connectivity index (χ2n) is 3.21. The summed E-state index contributed by atoms with van der Waals surface area (Å²) in [4.78, 5) is 19.3. The summed E-state index contributed by atoms with van der Waals surface area (Å²) in [5.41, 5.74) is 0.942. The van der Waals surface area contributed by atoms with Gasteiger partial charge in [-0.3, -0.25) is 4.79 Å². The van der Waals surface area contributed by atoms with Gasteiger partial charge in [-0.05, 0) is 6.07 Å². The van der Waals surface area contributed by atoms with E-state index in [2.05, 4.69) is 15.3 Å². The molecule has 1 N–H and O–H groups in total. The number of ether oxygens (including phenoxy) is 1. The van der Waals surface area contributed by atoms with Crippen molar-refractivity contribution in [2.24, 2.45) is 0 Å². The smallest absolute Gasteiger partial charge is 0.218 e. The molecule has 6 heteroatoms. The van der Waals surface area contributed by atoms with Crippen LogP contribution in [0.1, 0.15) is 15.2 Å². The predicted molar refractivity (Wildman–Crippen MR) is 65.6 cm³/mol. The van der Waals surface area contributed by atoms with E-state index < -0.39 is 0 Å². The number of aldehydes is 1. The monoisotopic (exact) mass is 249 g/mol. The van der Waals surface area contributed by atoms with Crippen LogP contribution in [0.5, 0.6) is 5.88 Å². The SMILES string of the molecule is COc1ncccc1CNc1ncc(C=O)s1. The van der Waals surface area contributed by atoms with Crippen molar-refractivity contribution in [3.8, 4) is 5.88 Å². The van der Waals surface area contributed by atoms with Crippen molar-refractivity contribution >= 4 is 22.8 Å². The number of anilines is 1. The number of carbonyl (C=O) groups excluding carboxylic acids is 1. The van der Waals surface area contributed by atoms with Crippen LogP contribution in [0.25, 0.3) is 0 Å². The molecule has 0 unspecified atom stereocenters. The topological polar surface area (TPSA) is 64.1 Å². The van der Waals surface area contributed by atoms with E-state index in [4.69, 9.17) is 4.74 Å². The molecular formula is C11H11N3O2S. The Hall–Kier alpha value is -1.95.